The molecule has 1 aromatic carbocycles. The van der Waals surface area contributed by atoms with Crippen molar-refractivity contribution < 1.29 is 13.5 Å². The number of alkyl halides is 2. The highest BCUT2D eigenvalue weighted by Gasteiger charge is 2.51. The Morgan fingerprint density at radius 1 is 1.34 bits per heavy atom. The zero-order valence-corrected chi connectivity index (χ0v) is 18.3. The largest absolute Gasteiger partial charge is 0.364 e. The van der Waals surface area contributed by atoms with Crippen LogP contribution in [-0.2, 0) is 29.3 Å². The quantitative estimate of drug-likeness (QED) is 0.660. The van der Waals surface area contributed by atoms with E-state index in [1.807, 2.05) is 10.9 Å². The zero-order chi connectivity index (χ0) is 20.6. The first-order chi connectivity index (χ1) is 13.8. The van der Waals surface area contributed by atoms with E-state index in [4.69, 9.17) is 16.3 Å². The normalized spacial score (nSPS) is 26.6. The number of halogens is 3. The molecule has 29 heavy (non-hydrogen) atoms. The van der Waals surface area contributed by atoms with E-state index in [0.717, 1.165) is 25.4 Å². The van der Waals surface area contributed by atoms with Gasteiger partial charge in [0.2, 0.25) is 0 Å². The molecule has 0 N–H and O–H groups in total. The lowest BCUT2D eigenvalue weighted by atomic mass is 9.76. The lowest BCUT2D eigenvalue weighted by Crippen LogP contribution is -2.52. The van der Waals surface area contributed by atoms with Crippen molar-refractivity contribution in [1.29, 1.82) is 0 Å². The van der Waals surface area contributed by atoms with Gasteiger partial charge in [-0.1, -0.05) is 17.7 Å². The lowest BCUT2D eigenvalue weighted by Gasteiger charge is -2.49. The van der Waals surface area contributed by atoms with Crippen LogP contribution >= 0.6 is 23.4 Å². The van der Waals surface area contributed by atoms with Crippen LogP contribution in [0.4, 0.5) is 8.78 Å². The molecule has 2 aliphatic heterocycles. The van der Waals surface area contributed by atoms with Crippen molar-refractivity contribution in [3.8, 4) is 0 Å². The summed E-state index contributed by atoms with van der Waals surface area (Å²) in [6.45, 7) is 4.04. The smallest absolute Gasteiger partial charge is 0.296 e. The number of fused-ring (bicyclic) bond motifs is 2. The number of likely N-dealkylation sites (tertiary alicyclic amines) is 1. The standard InChI is InChI=1S/C21H26ClF2N3OS/c1-15-10-20(19-9-17(22)3-4-18(19)21(23,24)14-28-20)5-6-26(15)12-16-11-25-27(13-16)7-8-29-2/h3-4,9,11,13,15H,5-8,10,12,14H2,1-2H3/t15-,20?/m0/s1. The first-order valence-corrected chi connectivity index (χ1v) is 11.7. The summed E-state index contributed by atoms with van der Waals surface area (Å²) in [6.07, 6.45) is 7.44. The summed E-state index contributed by atoms with van der Waals surface area (Å²) in [5.41, 5.74) is 1.09. The van der Waals surface area contributed by atoms with E-state index in [-0.39, 0.29) is 11.6 Å². The summed E-state index contributed by atoms with van der Waals surface area (Å²) in [4.78, 5) is 2.38. The second-order valence-electron chi connectivity index (χ2n) is 8.06. The van der Waals surface area contributed by atoms with E-state index in [1.54, 1.807) is 23.9 Å². The van der Waals surface area contributed by atoms with Gasteiger partial charge in [-0.15, -0.1) is 0 Å². The van der Waals surface area contributed by atoms with Gasteiger partial charge in [-0.25, -0.2) is 0 Å². The molecule has 1 unspecified atom stereocenters. The first-order valence-electron chi connectivity index (χ1n) is 9.90. The number of piperidine rings is 1. The number of ether oxygens (including phenoxy) is 1. The summed E-state index contributed by atoms with van der Waals surface area (Å²) in [5.74, 6) is -1.94. The number of benzene rings is 1. The maximum absolute atomic E-state index is 14.4. The molecule has 2 aromatic rings. The van der Waals surface area contributed by atoms with E-state index in [2.05, 4.69) is 29.4 Å². The molecule has 4 rings (SSSR count). The minimum atomic E-state index is -2.98. The van der Waals surface area contributed by atoms with Gasteiger partial charge in [0.1, 0.15) is 6.61 Å². The van der Waals surface area contributed by atoms with Gasteiger partial charge in [-0.05, 0) is 43.7 Å². The van der Waals surface area contributed by atoms with Gasteiger partial charge < -0.3 is 4.74 Å². The van der Waals surface area contributed by atoms with Crippen molar-refractivity contribution in [2.45, 2.75) is 50.4 Å². The minimum Gasteiger partial charge on any atom is -0.364 e. The Bertz CT molecular complexity index is 877. The molecule has 2 atom stereocenters. The van der Waals surface area contributed by atoms with Crippen molar-refractivity contribution in [1.82, 2.24) is 14.7 Å². The van der Waals surface area contributed by atoms with Crippen molar-refractivity contribution in [2.75, 3.05) is 25.2 Å². The fourth-order valence-electron chi connectivity index (χ4n) is 4.49. The monoisotopic (exact) mass is 441 g/mol. The predicted molar refractivity (Wildman–Crippen MR) is 113 cm³/mol. The Kier molecular flexibility index (Phi) is 5.95. The minimum absolute atomic E-state index is 0.0591. The number of aromatic nitrogens is 2. The second-order valence-corrected chi connectivity index (χ2v) is 9.48. The topological polar surface area (TPSA) is 30.3 Å². The van der Waals surface area contributed by atoms with Gasteiger partial charge >= 0.3 is 0 Å². The predicted octanol–water partition coefficient (Wildman–Crippen LogP) is 4.90. The Morgan fingerprint density at radius 3 is 2.93 bits per heavy atom. The number of nitrogens with zero attached hydrogens (tertiary/aromatic N) is 3. The average molecular weight is 442 g/mol. The van der Waals surface area contributed by atoms with Crippen molar-refractivity contribution in [3.63, 3.8) is 0 Å². The number of hydrogen-bond acceptors (Lipinski definition) is 4. The Hall–Kier alpha value is -1.15. The van der Waals surface area contributed by atoms with E-state index in [1.165, 1.54) is 11.6 Å². The molecule has 4 nitrogen and oxygen atoms in total. The summed E-state index contributed by atoms with van der Waals surface area (Å²) in [6, 6.07) is 4.86. The van der Waals surface area contributed by atoms with Crippen LogP contribution in [0.2, 0.25) is 5.02 Å². The third-order valence-corrected chi connectivity index (χ3v) is 6.87. The van der Waals surface area contributed by atoms with Crippen LogP contribution in [0, 0.1) is 0 Å². The molecule has 0 saturated carbocycles. The molecule has 2 aliphatic rings. The maximum atomic E-state index is 14.4. The number of rotatable bonds is 5. The van der Waals surface area contributed by atoms with Gasteiger partial charge in [-0.2, -0.15) is 25.6 Å². The van der Waals surface area contributed by atoms with Crippen LogP contribution in [0.5, 0.6) is 0 Å². The van der Waals surface area contributed by atoms with Crippen molar-refractivity contribution >= 4 is 23.4 Å². The molecule has 1 spiro atoms. The van der Waals surface area contributed by atoms with Crippen LogP contribution in [0.15, 0.2) is 30.6 Å². The number of hydrogen-bond donors (Lipinski definition) is 0. The molecule has 0 bridgehead atoms. The van der Waals surface area contributed by atoms with Crippen LogP contribution in [0.3, 0.4) is 0 Å². The lowest BCUT2D eigenvalue weighted by molar-refractivity contribution is -0.190. The van der Waals surface area contributed by atoms with Crippen LogP contribution in [0.25, 0.3) is 0 Å². The molecule has 3 heterocycles. The highest BCUT2D eigenvalue weighted by atomic mass is 35.5. The molecule has 0 aliphatic carbocycles. The summed E-state index contributed by atoms with van der Waals surface area (Å²) in [7, 11) is 0. The van der Waals surface area contributed by atoms with Gasteiger partial charge in [0.25, 0.3) is 5.92 Å². The van der Waals surface area contributed by atoms with E-state index >= 15 is 0 Å². The molecular formula is C21H26ClF2N3OS. The van der Waals surface area contributed by atoms with Gasteiger partial charge in [-0.3, -0.25) is 9.58 Å². The first kappa shape index (κ1) is 21.1. The third kappa shape index (κ3) is 4.20. The van der Waals surface area contributed by atoms with Crippen LogP contribution < -0.4 is 0 Å². The number of aryl methyl sites for hydroxylation is 1. The number of thioether (sulfide) groups is 1. The van der Waals surface area contributed by atoms with E-state index < -0.39 is 18.1 Å². The molecule has 0 radical (unpaired) electrons. The van der Waals surface area contributed by atoms with Crippen molar-refractivity contribution in [3.05, 3.63) is 52.3 Å². The second kappa shape index (κ2) is 8.17. The van der Waals surface area contributed by atoms with Gasteiger partial charge in [0.15, 0.2) is 0 Å². The molecule has 8 heteroatoms. The molecule has 1 saturated heterocycles. The van der Waals surface area contributed by atoms with Crippen molar-refractivity contribution in [2.24, 2.45) is 0 Å². The zero-order valence-electron chi connectivity index (χ0n) is 16.7. The highest BCUT2D eigenvalue weighted by Crippen LogP contribution is 2.50. The fourth-order valence-corrected chi connectivity index (χ4v) is 5.03. The van der Waals surface area contributed by atoms with E-state index in [0.29, 0.717) is 23.4 Å². The molecular weight excluding hydrogens is 416 g/mol. The van der Waals surface area contributed by atoms with Gasteiger partial charge in [0, 0.05) is 53.8 Å². The summed E-state index contributed by atoms with van der Waals surface area (Å²) < 4.78 is 36.7. The summed E-state index contributed by atoms with van der Waals surface area (Å²) in [5, 5.41) is 4.91. The Balaban J connectivity index is 1.50. The molecule has 0 amide bonds. The Morgan fingerprint density at radius 2 is 2.17 bits per heavy atom. The molecule has 1 fully saturated rings. The van der Waals surface area contributed by atoms with E-state index in [9.17, 15) is 8.78 Å². The third-order valence-electron chi connectivity index (χ3n) is 6.04. The van der Waals surface area contributed by atoms with Crippen LogP contribution in [-0.4, -0.2) is 45.9 Å². The molecule has 158 valence electrons. The fraction of sp³-hybridized carbons (Fsp3) is 0.571. The van der Waals surface area contributed by atoms with Crippen LogP contribution in [0.1, 0.15) is 36.5 Å². The van der Waals surface area contributed by atoms with Gasteiger partial charge in [0.05, 0.1) is 11.8 Å². The Labute approximate surface area is 179 Å². The summed E-state index contributed by atoms with van der Waals surface area (Å²) >= 11 is 7.96. The average Bonchev–Trinajstić information content (AvgIpc) is 3.13. The maximum Gasteiger partial charge on any atom is 0.296 e. The SMILES string of the molecule is CSCCn1cc(CN2CCC3(C[C@@H]2C)OCC(F)(F)c2ccc(Cl)cc23)cn1. The highest BCUT2D eigenvalue weighted by molar-refractivity contribution is 7.98. The molecule has 1 aromatic heterocycles.